The van der Waals surface area contributed by atoms with Gasteiger partial charge in [-0.3, -0.25) is 0 Å². The van der Waals surface area contributed by atoms with Crippen molar-refractivity contribution >= 4 is 0 Å². The van der Waals surface area contributed by atoms with E-state index in [0.29, 0.717) is 12.2 Å². The molecule has 1 aliphatic heterocycles. The molecule has 0 fully saturated rings. The smallest absolute Gasteiger partial charge is 0.150 e. The standard InChI is InChI=1S/C23H28O7/c1-26-19-7-3-16(4-8-19)12-28-15-21-23(22(25)18(11-24)14-29-21)30-13-17-5-9-20(27-2)10-6-17/h3-10,14,21-25H,11-13,15H2,1-2H3. The van der Waals surface area contributed by atoms with Gasteiger partial charge in [0.15, 0.2) is 0 Å². The third-order valence-corrected chi connectivity index (χ3v) is 4.95. The maximum absolute atomic E-state index is 10.6. The molecule has 7 nitrogen and oxygen atoms in total. The van der Waals surface area contributed by atoms with Gasteiger partial charge in [0, 0.05) is 5.57 Å². The van der Waals surface area contributed by atoms with Crippen LogP contribution in [0.2, 0.25) is 0 Å². The van der Waals surface area contributed by atoms with E-state index in [0.717, 1.165) is 22.6 Å². The van der Waals surface area contributed by atoms with E-state index >= 15 is 0 Å². The molecular formula is C23H28O7. The van der Waals surface area contributed by atoms with Crippen LogP contribution < -0.4 is 9.47 Å². The second kappa shape index (κ2) is 11.0. The minimum atomic E-state index is -0.975. The van der Waals surface area contributed by atoms with E-state index < -0.39 is 18.3 Å². The lowest BCUT2D eigenvalue weighted by molar-refractivity contribution is -0.136. The Kier molecular flexibility index (Phi) is 8.10. The first-order chi connectivity index (χ1) is 14.6. The molecule has 30 heavy (non-hydrogen) atoms. The lowest BCUT2D eigenvalue weighted by atomic mass is 9.99. The topological polar surface area (TPSA) is 86.6 Å². The summed E-state index contributed by atoms with van der Waals surface area (Å²) in [6.45, 7) is 0.596. The SMILES string of the molecule is COc1ccc(COCC2OC=C(CO)C(O)C2OCc2ccc(OC)cc2)cc1. The monoisotopic (exact) mass is 416 g/mol. The molecule has 0 bridgehead atoms. The predicted molar refractivity (Wildman–Crippen MR) is 110 cm³/mol. The van der Waals surface area contributed by atoms with Crippen molar-refractivity contribution in [3.8, 4) is 11.5 Å². The normalized spacial score (nSPS) is 20.9. The fourth-order valence-electron chi connectivity index (χ4n) is 3.13. The summed E-state index contributed by atoms with van der Waals surface area (Å²) in [5, 5.41) is 20.1. The van der Waals surface area contributed by atoms with Crippen molar-refractivity contribution < 1.29 is 33.9 Å². The number of rotatable bonds is 10. The molecule has 162 valence electrons. The van der Waals surface area contributed by atoms with Gasteiger partial charge in [-0.15, -0.1) is 0 Å². The maximum atomic E-state index is 10.6. The van der Waals surface area contributed by atoms with Crippen LogP contribution in [0.25, 0.3) is 0 Å². The number of hydrogen-bond acceptors (Lipinski definition) is 7. The Morgan fingerprint density at radius 2 is 1.43 bits per heavy atom. The highest BCUT2D eigenvalue weighted by Gasteiger charge is 2.36. The van der Waals surface area contributed by atoms with Crippen LogP contribution in [0.4, 0.5) is 0 Å². The third kappa shape index (κ3) is 5.73. The average Bonchev–Trinajstić information content (AvgIpc) is 2.79. The van der Waals surface area contributed by atoms with E-state index in [1.165, 1.54) is 6.26 Å². The van der Waals surface area contributed by atoms with E-state index in [-0.39, 0.29) is 19.8 Å². The number of benzene rings is 2. The van der Waals surface area contributed by atoms with E-state index in [9.17, 15) is 10.2 Å². The summed E-state index contributed by atoms with van der Waals surface area (Å²) in [7, 11) is 3.23. The Bertz CT molecular complexity index is 801. The van der Waals surface area contributed by atoms with Gasteiger partial charge >= 0.3 is 0 Å². The Morgan fingerprint density at radius 1 is 0.867 bits per heavy atom. The van der Waals surface area contributed by atoms with Gasteiger partial charge in [-0.1, -0.05) is 24.3 Å². The lowest BCUT2D eigenvalue weighted by Crippen LogP contribution is -2.47. The summed E-state index contributed by atoms with van der Waals surface area (Å²) in [6.07, 6.45) is -0.766. The molecule has 2 N–H and O–H groups in total. The molecule has 0 aliphatic carbocycles. The first kappa shape index (κ1) is 22.1. The summed E-state index contributed by atoms with van der Waals surface area (Å²) in [5.41, 5.74) is 2.30. The average molecular weight is 416 g/mol. The van der Waals surface area contributed by atoms with Crippen molar-refractivity contribution in [1.82, 2.24) is 0 Å². The van der Waals surface area contributed by atoms with Crippen molar-refractivity contribution in [3.63, 3.8) is 0 Å². The summed E-state index contributed by atoms with van der Waals surface area (Å²) >= 11 is 0. The molecule has 2 aromatic rings. The van der Waals surface area contributed by atoms with Crippen LogP contribution in [0, 0.1) is 0 Å². The minimum absolute atomic E-state index is 0.228. The Morgan fingerprint density at radius 3 is 1.97 bits per heavy atom. The molecule has 0 spiro atoms. The summed E-state index contributed by atoms with van der Waals surface area (Å²) in [6, 6.07) is 15.1. The van der Waals surface area contributed by atoms with Crippen molar-refractivity contribution in [1.29, 1.82) is 0 Å². The number of methoxy groups -OCH3 is 2. The highest BCUT2D eigenvalue weighted by molar-refractivity contribution is 5.27. The Balaban J connectivity index is 1.58. The fourth-order valence-corrected chi connectivity index (χ4v) is 3.13. The molecule has 0 amide bonds. The summed E-state index contributed by atoms with van der Waals surface area (Å²) < 4.78 is 27.8. The molecule has 3 unspecified atom stereocenters. The van der Waals surface area contributed by atoms with Gasteiger partial charge in [-0.2, -0.15) is 0 Å². The molecule has 7 heteroatoms. The second-order valence-corrected chi connectivity index (χ2v) is 6.96. The predicted octanol–water partition coefficient (Wildman–Crippen LogP) is 2.44. The van der Waals surface area contributed by atoms with Crippen LogP contribution >= 0.6 is 0 Å². The molecular weight excluding hydrogens is 388 g/mol. The van der Waals surface area contributed by atoms with Crippen molar-refractivity contribution in [2.45, 2.75) is 31.5 Å². The summed E-state index contributed by atoms with van der Waals surface area (Å²) in [4.78, 5) is 0. The van der Waals surface area contributed by atoms with Gasteiger partial charge in [0.25, 0.3) is 0 Å². The number of aliphatic hydroxyl groups excluding tert-OH is 2. The zero-order valence-corrected chi connectivity index (χ0v) is 17.2. The first-order valence-corrected chi connectivity index (χ1v) is 9.73. The van der Waals surface area contributed by atoms with Gasteiger partial charge in [-0.05, 0) is 35.4 Å². The number of ether oxygens (including phenoxy) is 5. The van der Waals surface area contributed by atoms with Crippen LogP contribution in [0.3, 0.4) is 0 Å². The fraction of sp³-hybridized carbons (Fsp3) is 0.391. The summed E-state index contributed by atoms with van der Waals surface area (Å²) in [5.74, 6) is 1.54. The van der Waals surface area contributed by atoms with Gasteiger partial charge in [0.05, 0.1) is 46.9 Å². The van der Waals surface area contributed by atoms with Crippen molar-refractivity contribution in [2.75, 3.05) is 27.4 Å². The van der Waals surface area contributed by atoms with Gasteiger partial charge in [-0.25, -0.2) is 0 Å². The van der Waals surface area contributed by atoms with Crippen LogP contribution in [-0.2, 0) is 27.4 Å². The molecule has 0 aromatic heterocycles. The molecule has 0 radical (unpaired) electrons. The lowest BCUT2D eigenvalue weighted by Gasteiger charge is -2.35. The first-order valence-electron chi connectivity index (χ1n) is 9.73. The number of hydrogen-bond donors (Lipinski definition) is 2. The van der Waals surface area contributed by atoms with E-state index in [4.69, 9.17) is 23.7 Å². The van der Waals surface area contributed by atoms with Crippen LogP contribution in [0.5, 0.6) is 11.5 Å². The molecule has 1 aliphatic rings. The Hall–Kier alpha value is -2.58. The van der Waals surface area contributed by atoms with Crippen LogP contribution in [0.15, 0.2) is 60.4 Å². The van der Waals surface area contributed by atoms with Crippen LogP contribution in [-0.4, -0.2) is 56.0 Å². The largest absolute Gasteiger partial charge is 0.497 e. The molecule has 0 saturated heterocycles. The van der Waals surface area contributed by atoms with E-state index in [2.05, 4.69) is 0 Å². The highest BCUT2D eigenvalue weighted by Crippen LogP contribution is 2.24. The molecule has 3 atom stereocenters. The molecule has 0 saturated carbocycles. The highest BCUT2D eigenvalue weighted by atomic mass is 16.6. The Labute approximate surface area is 176 Å². The molecule has 1 heterocycles. The van der Waals surface area contributed by atoms with Crippen LogP contribution in [0.1, 0.15) is 11.1 Å². The third-order valence-electron chi connectivity index (χ3n) is 4.95. The van der Waals surface area contributed by atoms with E-state index in [1.54, 1.807) is 14.2 Å². The second-order valence-electron chi connectivity index (χ2n) is 6.96. The van der Waals surface area contributed by atoms with Crippen molar-refractivity contribution in [3.05, 3.63) is 71.5 Å². The zero-order valence-electron chi connectivity index (χ0n) is 17.2. The van der Waals surface area contributed by atoms with Gasteiger partial charge in [0.1, 0.15) is 29.8 Å². The minimum Gasteiger partial charge on any atom is -0.497 e. The number of aliphatic hydroxyl groups is 2. The maximum Gasteiger partial charge on any atom is 0.150 e. The van der Waals surface area contributed by atoms with Crippen molar-refractivity contribution in [2.24, 2.45) is 0 Å². The van der Waals surface area contributed by atoms with E-state index in [1.807, 2.05) is 48.5 Å². The van der Waals surface area contributed by atoms with Gasteiger partial charge in [0.2, 0.25) is 0 Å². The zero-order chi connectivity index (χ0) is 21.3. The quantitative estimate of drug-likeness (QED) is 0.615. The molecule has 2 aromatic carbocycles. The van der Waals surface area contributed by atoms with Gasteiger partial charge < -0.3 is 33.9 Å². The molecule has 3 rings (SSSR count).